The first-order valence-electron chi connectivity index (χ1n) is 5.51. The molecule has 0 aromatic rings. The monoisotopic (exact) mass is 300 g/mol. The maximum atomic E-state index is 10.7. The Morgan fingerprint density at radius 1 is 0.778 bits per heavy atom. The van der Waals surface area contributed by atoms with Gasteiger partial charge < -0.3 is 20.1 Å². The van der Waals surface area contributed by atoms with Gasteiger partial charge in [-0.15, -0.1) is 23.2 Å². The maximum absolute atomic E-state index is 10.7. The van der Waals surface area contributed by atoms with Crippen molar-refractivity contribution in [3.63, 3.8) is 0 Å². The zero-order valence-corrected chi connectivity index (χ0v) is 11.6. The summed E-state index contributed by atoms with van der Waals surface area (Å²) in [6.07, 6.45) is 0. The van der Waals surface area contributed by atoms with Gasteiger partial charge in [0, 0.05) is 13.1 Å². The third-order valence-corrected chi connectivity index (χ3v) is 2.24. The number of ether oxygens (including phenoxy) is 2. The molecule has 6 nitrogen and oxygen atoms in total. The highest BCUT2D eigenvalue weighted by molar-refractivity contribution is 6.27. The van der Waals surface area contributed by atoms with Gasteiger partial charge in [-0.2, -0.15) is 0 Å². The lowest BCUT2D eigenvalue weighted by atomic mass is 10.6. The van der Waals surface area contributed by atoms with Gasteiger partial charge >= 0.3 is 0 Å². The maximum Gasteiger partial charge on any atom is 0.235 e. The fourth-order valence-corrected chi connectivity index (χ4v) is 1.13. The average Bonchev–Trinajstić information content (AvgIpc) is 2.40. The first-order valence-corrected chi connectivity index (χ1v) is 6.58. The normalized spacial score (nSPS) is 10.1. The van der Waals surface area contributed by atoms with E-state index in [4.69, 9.17) is 32.7 Å². The number of amides is 2. The SMILES string of the molecule is O=C(CCl)NCCOCCOCCNC(=O)CCl. The molecule has 8 heteroatoms. The molecular formula is C10H18Cl2N2O4. The van der Waals surface area contributed by atoms with Gasteiger partial charge in [0.15, 0.2) is 0 Å². The molecule has 0 atom stereocenters. The summed E-state index contributed by atoms with van der Waals surface area (Å²) in [6.45, 7) is 2.54. The molecule has 0 saturated carbocycles. The molecule has 0 aliphatic carbocycles. The van der Waals surface area contributed by atoms with Gasteiger partial charge in [-0.25, -0.2) is 0 Å². The van der Waals surface area contributed by atoms with Crippen LogP contribution in [0.15, 0.2) is 0 Å². The molecule has 0 aliphatic rings. The summed E-state index contributed by atoms with van der Waals surface area (Å²) in [7, 11) is 0. The molecule has 0 bridgehead atoms. The quantitative estimate of drug-likeness (QED) is 0.407. The van der Waals surface area contributed by atoms with E-state index in [1.165, 1.54) is 0 Å². The molecule has 2 amide bonds. The van der Waals surface area contributed by atoms with Crippen molar-refractivity contribution in [1.82, 2.24) is 10.6 Å². The first kappa shape index (κ1) is 17.4. The van der Waals surface area contributed by atoms with Gasteiger partial charge in [0.05, 0.1) is 26.4 Å². The molecule has 0 aliphatic heterocycles. The topological polar surface area (TPSA) is 76.7 Å². The molecule has 0 fully saturated rings. The minimum atomic E-state index is -0.216. The van der Waals surface area contributed by atoms with Crippen molar-refractivity contribution in [3.8, 4) is 0 Å². The van der Waals surface area contributed by atoms with Gasteiger partial charge in [-0.1, -0.05) is 0 Å². The van der Waals surface area contributed by atoms with E-state index in [-0.39, 0.29) is 23.6 Å². The fourth-order valence-electron chi connectivity index (χ4n) is 0.942. The molecule has 0 heterocycles. The Bertz CT molecular complexity index is 218. The van der Waals surface area contributed by atoms with Crippen LogP contribution in [0, 0.1) is 0 Å². The van der Waals surface area contributed by atoms with E-state index in [1.54, 1.807) is 0 Å². The molecule has 0 aromatic heterocycles. The van der Waals surface area contributed by atoms with E-state index in [9.17, 15) is 9.59 Å². The highest BCUT2D eigenvalue weighted by atomic mass is 35.5. The van der Waals surface area contributed by atoms with Crippen molar-refractivity contribution in [2.45, 2.75) is 0 Å². The summed E-state index contributed by atoms with van der Waals surface area (Å²) >= 11 is 10.6. The molecule has 18 heavy (non-hydrogen) atoms. The van der Waals surface area contributed by atoms with Crippen LogP contribution in [0.5, 0.6) is 0 Å². The summed E-state index contributed by atoms with van der Waals surface area (Å²) < 4.78 is 10.4. The molecule has 0 radical (unpaired) electrons. The zero-order chi connectivity index (χ0) is 13.6. The summed E-state index contributed by atoms with van der Waals surface area (Å²) in [5, 5.41) is 5.13. The highest BCUT2D eigenvalue weighted by Gasteiger charge is 1.97. The minimum Gasteiger partial charge on any atom is -0.377 e. The standard InChI is InChI=1S/C10H18Cl2N2O4/c11-7-9(15)13-1-3-17-5-6-18-4-2-14-10(16)8-12/h1-8H2,(H,13,15)(H,14,16). The minimum absolute atomic E-state index is 0.0445. The van der Waals surface area contributed by atoms with Crippen molar-refractivity contribution in [2.75, 3.05) is 51.3 Å². The van der Waals surface area contributed by atoms with Crippen LogP contribution in [0.1, 0.15) is 0 Å². The molecule has 0 spiro atoms. The first-order chi connectivity index (χ1) is 8.70. The Kier molecular flexibility index (Phi) is 12.5. The zero-order valence-electron chi connectivity index (χ0n) is 10.0. The lowest BCUT2D eigenvalue weighted by molar-refractivity contribution is -0.119. The van der Waals surface area contributed by atoms with Crippen molar-refractivity contribution in [2.24, 2.45) is 0 Å². The van der Waals surface area contributed by atoms with Crippen LogP contribution in [0.3, 0.4) is 0 Å². The third-order valence-electron chi connectivity index (χ3n) is 1.75. The smallest absolute Gasteiger partial charge is 0.235 e. The Labute approximate surface area is 116 Å². The van der Waals surface area contributed by atoms with Gasteiger partial charge in [0.2, 0.25) is 11.8 Å². The number of halogens is 2. The van der Waals surface area contributed by atoms with Crippen LogP contribution in [0.4, 0.5) is 0 Å². The van der Waals surface area contributed by atoms with Gasteiger partial charge in [-0.05, 0) is 0 Å². The van der Waals surface area contributed by atoms with Crippen molar-refractivity contribution >= 4 is 35.0 Å². The summed E-state index contributed by atoms with van der Waals surface area (Å²) in [6, 6.07) is 0. The molecular weight excluding hydrogens is 283 g/mol. The van der Waals surface area contributed by atoms with E-state index in [0.29, 0.717) is 39.5 Å². The van der Waals surface area contributed by atoms with Crippen molar-refractivity contribution in [1.29, 1.82) is 0 Å². The second-order valence-corrected chi connectivity index (χ2v) is 3.73. The number of rotatable bonds is 11. The third kappa shape index (κ3) is 11.9. The van der Waals surface area contributed by atoms with Crippen LogP contribution >= 0.6 is 23.2 Å². The Balaban J connectivity index is 3.07. The highest BCUT2D eigenvalue weighted by Crippen LogP contribution is 1.80. The van der Waals surface area contributed by atoms with E-state index in [2.05, 4.69) is 10.6 Å². The van der Waals surface area contributed by atoms with Crippen LogP contribution in [0.25, 0.3) is 0 Å². The summed E-state index contributed by atoms with van der Waals surface area (Å²) in [5.41, 5.74) is 0. The van der Waals surface area contributed by atoms with Crippen LogP contribution in [0.2, 0.25) is 0 Å². The van der Waals surface area contributed by atoms with Gasteiger partial charge in [-0.3, -0.25) is 9.59 Å². The van der Waals surface area contributed by atoms with Crippen molar-refractivity contribution < 1.29 is 19.1 Å². The molecule has 0 unspecified atom stereocenters. The Morgan fingerprint density at radius 2 is 1.17 bits per heavy atom. The van der Waals surface area contributed by atoms with Gasteiger partial charge in [0.1, 0.15) is 11.8 Å². The number of hydrogen-bond donors (Lipinski definition) is 2. The van der Waals surface area contributed by atoms with Crippen LogP contribution in [-0.2, 0) is 19.1 Å². The predicted octanol–water partition coefficient (Wildman–Crippen LogP) is -0.270. The second-order valence-electron chi connectivity index (χ2n) is 3.19. The van der Waals surface area contributed by atoms with E-state index in [0.717, 1.165) is 0 Å². The Hall–Kier alpha value is -0.560. The average molecular weight is 301 g/mol. The number of hydrogen-bond acceptors (Lipinski definition) is 4. The molecule has 0 rings (SSSR count). The second kappa shape index (κ2) is 12.9. The molecule has 106 valence electrons. The van der Waals surface area contributed by atoms with Crippen molar-refractivity contribution in [3.05, 3.63) is 0 Å². The number of nitrogens with one attached hydrogen (secondary N) is 2. The molecule has 0 saturated heterocycles. The Morgan fingerprint density at radius 3 is 1.50 bits per heavy atom. The van der Waals surface area contributed by atoms with E-state index < -0.39 is 0 Å². The lowest BCUT2D eigenvalue weighted by Crippen LogP contribution is -2.29. The van der Waals surface area contributed by atoms with Crippen LogP contribution in [-0.4, -0.2) is 63.1 Å². The van der Waals surface area contributed by atoms with Crippen LogP contribution < -0.4 is 10.6 Å². The van der Waals surface area contributed by atoms with E-state index in [1.807, 2.05) is 0 Å². The van der Waals surface area contributed by atoms with Gasteiger partial charge in [0.25, 0.3) is 0 Å². The summed E-state index contributed by atoms with van der Waals surface area (Å²) in [4.78, 5) is 21.5. The lowest BCUT2D eigenvalue weighted by Gasteiger charge is -2.07. The number of alkyl halides is 2. The molecule has 0 aromatic carbocycles. The largest absolute Gasteiger partial charge is 0.377 e. The molecule has 2 N–H and O–H groups in total. The summed E-state index contributed by atoms with van der Waals surface area (Å²) in [5.74, 6) is -0.521. The van der Waals surface area contributed by atoms with E-state index >= 15 is 0 Å². The number of carbonyl (C=O) groups is 2. The number of carbonyl (C=O) groups excluding carboxylic acids is 2. The fraction of sp³-hybridized carbons (Fsp3) is 0.800. The predicted molar refractivity (Wildman–Crippen MR) is 69.1 cm³/mol.